The maximum absolute atomic E-state index is 13.0. The van der Waals surface area contributed by atoms with E-state index in [1.807, 2.05) is 73.8 Å². The van der Waals surface area contributed by atoms with Crippen molar-refractivity contribution in [1.29, 1.82) is 0 Å². The van der Waals surface area contributed by atoms with Crippen LogP contribution < -0.4 is 0 Å². The molecule has 4 nitrogen and oxygen atoms in total. The van der Waals surface area contributed by atoms with Gasteiger partial charge in [-0.05, 0) is 61.7 Å². The summed E-state index contributed by atoms with van der Waals surface area (Å²) in [5, 5.41) is 0. The van der Waals surface area contributed by atoms with Crippen LogP contribution >= 0.6 is 0 Å². The second-order valence-electron chi connectivity index (χ2n) is 9.13. The summed E-state index contributed by atoms with van der Waals surface area (Å²) in [4.78, 5) is 29.8. The Hall–Kier alpha value is -3.24. The van der Waals surface area contributed by atoms with Gasteiger partial charge in [0.25, 0.3) is 5.91 Å². The quantitative estimate of drug-likeness (QED) is 0.514. The largest absolute Gasteiger partial charge is 0.337 e. The summed E-state index contributed by atoms with van der Waals surface area (Å²) < 4.78 is 0. The molecule has 0 spiro atoms. The van der Waals surface area contributed by atoms with Crippen LogP contribution in [0.2, 0.25) is 0 Å². The van der Waals surface area contributed by atoms with E-state index in [9.17, 15) is 9.59 Å². The Balaban J connectivity index is 1.40. The molecule has 0 atom stereocenters. The van der Waals surface area contributed by atoms with E-state index in [4.69, 9.17) is 0 Å². The number of piperidine rings is 1. The van der Waals surface area contributed by atoms with Crippen molar-refractivity contribution in [2.45, 2.75) is 38.3 Å². The van der Waals surface area contributed by atoms with Crippen LogP contribution in [0.4, 0.5) is 0 Å². The molecule has 0 unspecified atom stereocenters. The zero-order chi connectivity index (χ0) is 23.3. The summed E-state index contributed by atoms with van der Waals surface area (Å²) >= 11 is 0. The average molecular weight is 441 g/mol. The molecule has 1 heterocycles. The first kappa shape index (κ1) is 22.9. The molecule has 4 heteroatoms. The zero-order valence-corrected chi connectivity index (χ0v) is 19.5. The number of Topliss-reactive ketones (excluding diaryl/α,β-unsaturated/α-hetero) is 1. The summed E-state index contributed by atoms with van der Waals surface area (Å²) in [5.74, 6) is 0.279. The number of hydrogen-bond acceptors (Lipinski definition) is 3. The van der Waals surface area contributed by atoms with Gasteiger partial charge in [0.15, 0.2) is 0 Å². The van der Waals surface area contributed by atoms with Crippen molar-refractivity contribution in [3.05, 3.63) is 107 Å². The van der Waals surface area contributed by atoms with E-state index in [-0.39, 0.29) is 17.1 Å². The van der Waals surface area contributed by atoms with Crippen molar-refractivity contribution in [3.63, 3.8) is 0 Å². The first-order valence-corrected chi connectivity index (χ1v) is 11.7. The van der Waals surface area contributed by atoms with Crippen LogP contribution in [0.1, 0.15) is 46.8 Å². The van der Waals surface area contributed by atoms with Crippen LogP contribution in [0.5, 0.6) is 0 Å². The molecule has 0 saturated carbocycles. The highest BCUT2D eigenvalue weighted by atomic mass is 16.2. The fourth-order valence-corrected chi connectivity index (χ4v) is 4.90. The third kappa shape index (κ3) is 5.23. The van der Waals surface area contributed by atoms with E-state index in [0.717, 1.165) is 49.2 Å². The first-order valence-electron chi connectivity index (χ1n) is 11.7. The lowest BCUT2D eigenvalue weighted by Crippen LogP contribution is -2.46. The molecule has 33 heavy (non-hydrogen) atoms. The summed E-state index contributed by atoms with van der Waals surface area (Å²) in [6.07, 6.45) is 1.65. The van der Waals surface area contributed by atoms with Crippen molar-refractivity contribution < 1.29 is 9.59 Å². The van der Waals surface area contributed by atoms with E-state index < -0.39 is 0 Å². The second-order valence-corrected chi connectivity index (χ2v) is 9.13. The minimum absolute atomic E-state index is 0.0269. The van der Waals surface area contributed by atoms with Crippen LogP contribution in [-0.4, -0.2) is 41.6 Å². The van der Waals surface area contributed by atoms with Crippen LogP contribution in [0, 0.1) is 0 Å². The molecule has 0 aliphatic carbocycles. The summed E-state index contributed by atoms with van der Waals surface area (Å²) in [6, 6.07) is 28.2. The number of amides is 1. The normalized spacial score (nSPS) is 15.7. The fourth-order valence-electron chi connectivity index (χ4n) is 4.90. The Morgan fingerprint density at radius 3 is 2.09 bits per heavy atom. The Labute approximate surface area is 196 Å². The first-order chi connectivity index (χ1) is 16.0. The molecular formula is C29H32N2O2. The van der Waals surface area contributed by atoms with Gasteiger partial charge in [-0.25, -0.2) is 0 Å². The van der Waals surface area contributed by atoms with Gasteiger partial charge in [-0.2, -0.15) is 0 Å². The van der Waals surface area contributed by atoms with Gasteiger partial charge in [0.2, 0.25) is 0 Å². The molecule has 0 aromatic heterocycles. The molecule has 0 N–H and O–H groups in total. The molecule has 0 bridgehead atoms. The maximum atomic E-state index is 13.0. The summed E-state index contributed by atoms with van der Waals surface area (Å²) in [7, 11) is 1.84. The lowest BCUT2D eigenvalue weighted by atomic mass is 9.70. The van der Waals surface area contributed by atoms with Crippen molar-refractivity contribution in [2.75, 3.05) is 20.1 Å². The van der Waals surface area contributed by atoms with E-state index in [0.29, 0.717) is 12.1 Å². The molecule has 1 aliphatic heterocycles. The predicted molar refractivity (Wildman–Crippen MR) is 132 cm³/mol. The number of nitrogens with zero attached hydrogens (tertiary/aromatic N) is 2. The molecule has 3 aromatic rings. The van der Waals surface area contributed by atoms with Crippen LogP contribution in [0.3, 0.4) is 0 Å². The molecule has 1 aliphatic rings. The zero-order valence-electron chi connectivity index (χ0n) is 19.5. The van der Waals surface area contributed by atoms with Crippen molar-refractivity contribution >= 4 is 11.7 Å². The second kappa shape index (κ2) is 10.1. The minimum Gasteiger partial charge on any atom is -0.337 e. The van der Waals surface area contributed by atoms with E-state index in [1.165, 1.54) is 0 Å². The third-order valence-corrected chi connectivity index (χ3v) is 6.90. The SMILES string of the molecule is CC(=O)C1(c2ccccc2)CCN(Cc2cccc(C(=O)N(C)Cc3ccccc3)c2)CC1. The fraction of sp³-hybridized carbons (Fsp3) is 0.310. The highest BCUT2D eigenvalue weighted by Crippen LogP contribution is 2.36. The molecule has 3 aromatic carbocycles. The number of likely N-dealkylation sites (tertiary alicyclic amines) is 1. The molecule has 1 amide bonds. The molecule has 0 radical (unpaired) electrons. The van der Waals surface area contributed by atoms with Gasteiger partial charge in [-0.1, -0.05) is 72.8 Å². The predicted octanol–water partition coefficient (Wildman–Crippen LogP) is 5.08. The van der Waals surface area contributed by atoms with Crippen molar-refractivity contribution in [3.8, 4) is 0 Å². The Bertz CT molecular complexity index is 1090. The maximum Gasteiger partial charge on any atom is 0.253 e. The summed E-state index contributed by atoms with van der Waals surface area (Å²) in [5.41, 5.74) is 3.71. The monoisotopic (exact) mass is 440 g/mol. The summed E-state index contributed by atoms with van der Waals surface area (Å²) in [6.45, 7) is 4.82. The lowest BCUT2D eigenvalue weighted by molar-refractivity contribution is -0.124. The number of carbonyl (C=O) groups excluding carboxylic acids is 2. The van der Waals surface area contributed by atoms with Crippen LogP contribution in [0.25, 0.3) is 0 Å². The molecular weight excluding hydrogens is 408 g/mol. The van der Waals surface area contributed by atoms with Gasteiger partial charge in [-0.15, -0.1) is 0 Å². The smallest absolute Gasteiger partial charge is 0.253 e. The number of ketones is 1. The topological polar surface area (TPSA) is 40.6 Å². The number of benzene rings is 3. The third-order valence-electron chi connectivity index (χ3n) is 6.90. The van der Waals surface area contributed by atoms with Gasteiger partial charge in [0.1, 0.15) is 5.78 Å². The van der Waals surface area contributed by atoms with E-state index in [1.54, 1.807) is 11.8 Å². The van der Waals surface area contributed by atoms with Crippen LogP contribution in [-0.2, 0) is 23.3 Å². The van der Waals surface area contributed by atoms with Gasteiger partial charge >= 0.3 is 0 Å². The molecule has 1 saturated heterocycles. The average Bonchev–Trinajstić information content (AvgIpc) is 2.85. The Kier molecular flexibility index (Phi) is 7.05. The standard InChI is InChI=1S/C29H32N2O2/c1-23(32)29(27-14-7-4-8-15-27)16-18-31(19-17-29)22-25-12-9-13-26(20-25)28(33)30(2)21-24-10-5-3-6-11-24/h3-15,20H,16-19,21-22H2,1-2H3. The van der Waals surface area contributed by atoms with Gasteiger partial charge in [0, 0.05) is 25.7 Å². The highest BCUT2D eigenvalue weighted by Gasteiger charge is 2.40. The lowest BCUT2D eigenvalue weighted by Gasteiger charge is -2.40. The van der Waals surface area contributed by atoms with E-state index in [2.05, 4.69) is 23.1 Å². The van der Waals surface area contributed by atoms with Crippen molar-refractivity contribution in [1.82, 2.24) is 9.80 Å². The van der Waals surface area contributed by atoms with Gasteiger partial charge in [-0.3, -0.25) is 14.5 Å². The van der Waals surface area contributed by atoms with Gasteiger partial charge < -0.3 is 4.90 Å². The molecule has 170 valence electrons. The number of hydrogen-bond donors (Lipinski definition) is 0. The van der Waals surface area contributed by atoms with Crippen LogP contribution in [0.15, 0.2) is 84.9 Å². The molecule has 4 rings (SSSR count). The number of rotatable bonds is 7. The minimum atomic E-state index is -0.379. The molecule has 1 fully saturated rings. The Morgan fingerprint density at radius 1 is 0.848 bits per heavy atom. The number of carbonyl (C=O) groups is 2. The van der Waals surface area contributed by atoms with E-state index >= 15 is 0 Å². The highest BCUT2D eigenvalue weighted by molar-refractivity contribution is 5.94. The van der Waals surface area contributed by atoms with Gasteiger partial charge in [0.05, 0.1) is 5.41 Å². The van der Waals surface area contributed by atoms with Crippen molar-refractivity contribution in [2.24, 2.45) is 0 Å². The Morgan fingerprint density at radius 2 is 1.45 bits per heavy atom.